The van der Waals surface area contributed by atoms with Gasteiger partial charge >= 0.3 is 0 Å². The van der Waals surface area contributed by atoms with Gasteiger partial charge in [0.1, 0.15) is 0 Å². The van der Waals surface area contributed by atoms with Crippen molar-refractivity contribution < 1.29 is 17.6 Å². The first-order valence-electron chi connectivity index (χ1n) is 10.9. The van der Waals surface area contributed by atoms with E-state index in [0.29, 0.717) is 47.4 Å². The Labute approximate surface area is 198 Å². The second-order valence-electron chi connectivity index (χ2n) is 8.12. The Bertz CT molecular complexity index is 1230. The van der Waals surface area contributed by atoms with E-state index in [1.54, 1.807) is 43.5 Å². The third-order valence-electron chi connectivity index (χ3n) is 5.65. The Kier molecular flexibility index (Phi) is 7.17. The van der Waals surface area contributed by atoms with Crippen LogP contribution in [0, 0.1) is 6.92 Å². The number of carbonyl (C=O) groups is 1. The van der Waals surface area contributed by atoms with Gasteiger partial charge in [0, 0.05) is 42.2 Å². The van der Waals surface area contributed by atoms with E-state index >= 15 is 0 Å². The van der Waals surface area contributed by atoms with Crippen LogP contribution in [0.4, 0.5) is 5.69 Å². The van der Waals surface area contributed by atoms with Gasteiger partial charge < -0.3 is 9.73 Å². The van der Waals surface area contributed by atoms with Crippen molar-refractivity contribution in [2.24, 2.45) is 0 Å². The SMILES string of the molecule is Cc1ccc(NC(=O)CCc2ncc(-c3ccc(Cl)cc3)o2)cc1S(=O)(=O)N1CCCCC1. The molecule has 1 amide bonds. The minimum absolute atomic E-state index is 0.155. The van der Waals surface area contributed by atoms with Crippen molar-refractivity contribution in [3.63, 3.8) is 0 Å². The lowest BCUT2D eigenvalue weighted by atomic mass is 10.2. The number of aryl methyl sites for hydroxylation is 2. The fourth-order valence-corrected chi connectivity index (χ4v) is 5.71. The van der Waals surface area contributed by atoms with E-state index in [-0.39, 0.29) is 17.2 Å². The molecule has 0 radical (unpaired) electrons. The zero-order chi connectivity index (χ0) is 23.4. The quantitative estimate of drug-likeness (QED) is 0.503. The van der Waals surface area contributed by atoms with Gasteiger partial charge in [0.25, 0.3) is 0 Å². The maximum Gasteiger partial charge on any atom is 0.243 e. The highest BCUT2D eigenvalue weighted by Gasteiger charge is 2.27. The number of piperidine rings is 1. The van der Waals surface area contributed by atoms with Gasteiger partial charge in [-0.1, -0.05) is 24.1 Å². The minimum atomic E-state index is -3.58. The summed E-state index contributed by atoms with van der Waals surface area (Å²) in [6.45, 7) is 2.84. The maximum atomic E-state index is 13.1. The molecule has 0 unspecified atom stereocenters. The summed E-state index contributed by atoms with van der Waals surface area (Å²) in [4.78, 5) is 17.0. The first kappa shape index (κ1) is 23.5. The van der Waals surface area contributed by atoms with E-state index < -0.39 is 10.0 Å². The Morgan fingerprint density at radius 2 is 1.85 bits per heavy atom. The summed E-state index contributed by atoms with van der Waals surface area (Å²) in [6.07, 6.45) is 4.89. The van der Waals surface area contributed by atoms with Crippen LogP contribution in [0.5, 0.6) is 0 Å². The molecule has 174 valence electrons. The van der Waals surface area contributed by atoms with Crippen LogP contribution in [0.15, 0.2) is 58.0 Å². The van der Waals surface area contributed by atoms with Crippen LogP contribution in [0.2, 0.25) is 5.02 Å². The minimum Gasteiger partial charge on any atom is -0.441 e. The summed E-state index contributed by atoms with van der Waals surface area (Å²) in [5.74, 6) is 0.812. The van der Waals surface area contributed by atoms with Crippen molar-refractivity contribution >= 4 is 33.2 Å². The average molecular weight is 488 g/mol. The fraction of sp³-hybridized carbons (Fsp3) is 0.333. The van der Waals surface area contributed by atoms with E-state index in [4.69, 9.17) is 16.0 Å². The smallest absolute Gasteiger partial charge is 0.243 e. The lowest BCUT2D eigenvalue weighted by Gasteiger charge is -2.26. The van der Waals surface area contributed by atoms with Crippen molar-refractivity contribution in [3.05, 3.63) is 65.1 Å². The van der Waals surface area contributed by atoms with Crippen LogP contribution < -0.4 is 5.32 Å². The van der Waals surface area contributed by atoms with E-state index in [0.717, 1.165) is 24.8 Å². The molecule has 1 N–H and O–H groups in total. The molecule has 1 fully saturated rings. The third kappa shape index (κ3) is 5.63. The van der Waals surface area contributed by atoms with E-state index in [2.05, 4.69) is 10.3 Å². The number of anilines is 1. The molecule has 33 heavy (non-hydrogen) atoms. The second kappa shape index (κ2) is 10.1. The van der Waals surface area contributed by atoms with Gasteiger partial charge in [-0.25, -0.2) is 13.4 Å². The molecule has 2 aromatic carbocycles. The van der Waals surface area contributed by atoms with Gasteiger partial charge in [0.2, 0.25) is 15.9 Å². The molecule has 9 heteroatoms. The summed E-state index contributed by atoms with van der Waals surface area (Å²) in [5, 5.41) is 3.43. The number of benzene rings is 2. The van der Waals surface area contributed by atoms with Gasteiger partial charge in [-0.2, -0.15) is 4.31 Å². The van der Waals surface area contributed by atoms with Crippen molar-refractivity contribution in [2.75, 3.05) is 18.4 Å². The van der Waals surface area contributed by atoms with E-state index in [1.807, 2.05) is 12.1 Å². The summed E-state index contributed by atoms with van der Waals surface area (Å²) >= 11 is 5.91. The molecule has 1 aromatic heterocycles. The molecule has 3 aromatic rings. The number of hydrogen-bond donors (Lipinski definition) is 1. The topological polar surface area (TPSA) is 92.5 Å². The number of hydrogen-bond acceptors (Lipinski definition) is 5. The monoisotopic (exact) mass is 487 g/mol. The molecular formula is C24H26ClN3O4S. The largest absolute Gasteiger partial charge is 0.441 e. The van der Waals surface area contributed by atoms with Crippen LogP contribution in [0.25, 0.3) is 11.3 Å². The fourth-order valence-electron chi connectivity index (χ4n) is 3.82. The van der Waals surface area contributed by atoms with Crippen molar-refractivity contribution in [1.29, 1.82) is 0 Å². The summed E-state index contributed by atoms with van der Waals surface area (Å²) in [5.41, 5.74) is 1.97. The first-order chi connectivity index (χ1) is 15.8. The molecule has 1 aliphatic rings. The number of amides is 1. The summed E-state index contributed by atoms with van der Waals surface area (Å²) in [7, 11) is -3.58. The number of halogens is 1. The zero-order valence-electron chi connectivity index (χ0n) is 18.4. The highest BCUT2D eigenvalue weighted by Crippen LogP contribution is 2.26. The van der Waals surface area contributed by atoms with Gasteiger partial charge in [-0.05, 0) is 61.7 Å². The standard InChI is InChI=1S/C24H26ClN3O4S/c1-17-5-10-20(15-22(17)33(30,31)28-13-3-2-4-14-28)27-23(29)11-12-24-26-16-21(32-24)18-6-8-19(25)9-7-18/h5-10,15-16H,2-4,11-14H2,1H3,(H,27,29). The summed E-state index contributed by atoms with van der Waals surface area (Å²) in [6, 6.07) is 12.2. The molecular weight excluding hydrogens is 462 g/mol. The van der Waals surface area contributed by atoms with E-state index in [9.17, 15) is 13.2 Å². The highest BCUT2D eigenvalue weighted by atomic mass is 35.5. The number of oxazole rings is 1. The van der Waals surface area contributed by atoms with Crippen LogP contribution in [-0.4, -0.2) is 36.7 Å². The molecule has 0 saturated carbocycles. The Hall–Kier alpha value is -2.68. The van der Waals surface area contributed by atoms with Crippen LogP contribution in [0.1, 0.15) is 37.1 Å². The predicted octanol–water partition coefficient (Wildman–Crippen LogP) is 5.05. The number of carbonyl (C=O) groups excluding carboxylic acids is 1. The first-order valence-corrected chi connectivity index (χ1v) is 12.8. The third-order valence-corrected chi connectivity index (χ3v) is 7.95. The Balaban J connectivity index is 1.39. The van der Waals surface area contributed by atoms with Gasteiger partial charge in [0.05, 0.1) is 11.1 Å². The average Bonchev–Trinajstić information content (AvgIpc) is 3.29. The normalized spacial score (nSPS) is 14.8. The van der Waals surface area contributed by atoms with Crippen molar-refractivity contribution in [2.45, 2.75) is 43.9 Å². The summed E-state index contributed by atoms with van der Waals surface area (Å²) < 4.78 is 33.4. The van der Waals surface area contributed by atoms with Crippen LogP contribution in [-0.2, 0) is 21.2 Å². The molecule has 0 atom stereocenters. The van der Waals surface area contributed by atoms with Crippen LogP contribution in [0.3, 0.4) is 0 Å². The number of nitrogens with zero attached hydrogens (tertiary/aromatic N) is 2. The van der Waals surface area contributed by atoms with Crippen LogP contribution >= 0.6 is 11.6 Å². The Morgan fingerprint density at radius 1 is 1.12 bits per heavy atom. The predicted molar refractivity (Wildman–Crippen MR) is 128 cm³/mol. The lowest BCUT2D eigenvalue weighted by Crippen LogP contribution is -2.36. The zero-order valence-corrected chi connectivity index (χ0v) is 20.0. The lowest BCUT2D eigenvalue weighted by molar-refractivity contribution is -0.116. The second-order valence-corrected chi connectivity index (χ2v) is 10.5. The molecule has 0 aliphatic carbocycles. The number of sulfonamides is 1. The molecule has 4 rings (SSSR count). The van der Waals surface area contributed by atoms with Gasteiger partial charge in [-0.3, -0.25) is 4.79 Å². The van der Waals surface area contributed by atoms with Gasteiger partial charge in [-0.15, -0.1) is 0 Å². The van der Waals surface area contributed by atoms with Crippen molar-refractivity contribution in [1.82, 2.24) is 9.29 Å². The van der Waals surface area contributed by atoms with E-state index in [1.165, 1.54) is 4.31 Å². The molecule has 0 bridgehead atoms. The van der Waals surface area contributed by atoms with Gasteiger partial charge in [0.15, 0.2) is 11.7 Å². The Morgan fingerprint density at radius 3 is 2.58 bits per heavy atom. The maximum absolute atomic E-state index is 13.1. The molecule has 7 nitrogen and oxygen atoms in total. The highest BCUT2D eigenvalue weighted by molar-refractivity contribution is 7.89. The number of nitrogens with one attached hydrogen (secondary N) is 1. The molecule has 1 saturated heterocycles. The number of rotatable bonds is 7. The number of aromatic nitrogens is 1. The molecule has 0 spiro atoms. The molecule has 2 heterocycles. The molecule has 1 aliphatic heterocycles. The van der Waals surface area contributed by atoms with Crippen molar-refractivity contribution in [3.8, 4) is 11.3 Å².